The molecule has 0 aliphatic heterocycles. The van der Waals surface area contributed by atoms with Crippen LogP contribution < -0.4 is 0 Å². The van der Waals surface area contributed by atoms with Crippen molar-refractivity contribution in [1.29, 1.82) is 0 Å². The van der Waals surface area contributed by atoms with E-state index in [9.17, 15) is 4.79 Å². The first kappa shape index (κ1) is 18.3. The van der Waals surface area contributed by atoms with Gasteiger partial charge in [0, 0.05) is 18.3 Å². The monoisotopic (exact) mass is 370 g/mol. The number of pyridine rings is 1. The Kier molecular flexibility index (Phi) is 5.51. The molecular formula is C18H22N6OS. The van der Waals surface area contributed by atoms with E-state index in [4.69, 9.17) is 0 Å². The maximum atomic E-state index is 12.6. The van der Waals surface area contributed by atoms with E-state index in [-0.39, 0.29) is 18.0 Å². The summed E-state index contributed by atoms with van der Waals surface area (Å²) >= 11 is 1.35. The lowest BCUT2D eigenvalue weighted by Gasteiger charge is -2.30. The Balaban J connectivity index is 1.81. The Morgan fingerprint density at radius 1 is 1.08 bits per heavy atom. The van der Waals surface area contributed by atoms with Crippen LogP contribution in [-0.2, 0) is 4.79 Å². The van der Waals surface area contributed by atoms with Crippen LogP contribution >= 0.6 is 11.8 Å². The van der Waals surface area contributed by atoms with E-state index in [0.29, 0.717) is 16.6 Å². The first-order valence-corrected chi connectivity index (χ1v) is 9.53. The van der Waals surface area contributed by atoms with Crippen molar-refractivity contribution in [2.45, 2.75) is 44.9 Å². The van der Waals surface area contributed by atoms with Crippen molar-refractivity contribution in [2.75, 3.05) is 5.75 Å². The molecule has 7 nitrogen and oxygen atoms in total. The number of fused-ring (bicyclic) bond motifs is 1. The van der Waals surface area contributed by atoms with E-state index in [1.807, 2.05) is 62.9 Å². The molecule has 0 bridgehead atoms. The van der Waals surface area contributed by atoms with Crippen molar-refractivity contribution >= 4 is 23.3 Å². The smallest absolute Gasteiger partial charge is 0.233 e. The molecule has 0 saturated carbocycles. The second-order valence-corrected chi connectivity index (χ2v) is 7.41. The van der Waals surface area contributed by atoms with Gasteiger partial charge in [0.15, 0.2) is 5.65 Å². The van der Waals surface area contributed by atoms with Crippen LogP contribution in [0.1, 0.15) is 27.7 Å². The predicted octanol–water partition coefficient (Wildman–Crippen LogP) is 2.92. The normalized spacial score (nSPS) is 11.5. The third-order valence-electron chi connectivity index (χ3n) is 3.89. The Morgan fingerprint density at radius 3 is 2.50 bits per heavy atom. The molecule has 0 fully saturated rings. The van der Waals surface area contributed by atoms with Crippen LogP contribution in [0, 0.1) is 0 Å². The van der Waals surface area contributed by atoms with Gasteiger partial charge in [0.1, 0.15) is 5.69 Å². The molecule has 3 aromatic heterocycles. The number of aromatic nitrogens is 5. The van der Waals surface area contributed by atoms with Crippen LogP contribution in [0.25, 0.3) is 17.0 Å². The summed E-state index contributed by atoms with van der Waals surface area (Å²) in [7, 11) is 0. The summed E-state index contributed by atoms with van der Waals surface area (Å²) in [6.45, 7) is 8.09. The van der Waals surface area contributed by atoms with E-state index < -0.39 is 0 Å². The van der Waals surface area contributed by atoms with Gasteiger partial charge >= 0.3 is 0 Å². The van der Waals surface area contributed by atoms with Gasteiger partial charge in [-0.1, -0.05) is 17.8 Å². The van der Waals surface area contributed by atoms with Gasteiger partial charge in [-0.05, 0) is 52.0 Å². The number of rotatable bonds is 6. The average Bonchev–Trinajstić information content (AvgIpc) is 3.02. The van der Waals surface area contributed by atoms with Crippen molar-refractivity contribution in [3.05, 3.63) is 36.5 Å². The van der Waals surface area contributed by atoms with Crippen LogP contribution in [0.5, 0.6) is 0 Å². The van der Waals surface area contributed by atoms with Gasteiger partial charge in [-0.2, -0.15) is 9.61 Å². The molecule has 0 N–H and O–H groups in total. The summed E-state index contributed by atoms with van der Waals surface area (Å²) in [6.07, 6.45) is 1.73. The number of carbonyl (C=O) groups excluding carboxylic acids is 1. The molecule has 3 heterocycles. The van der Waals surface area contributed by atoms with E-state index in [1.165, 1.54) is 11.8 Å². The first-order valence-electron chi connectivity index (χ1n) is 8.55. The zero-order chi connectivity index (χ0) is 18.7. The third-order valence-corrected chi connectivity index (χ3v) is 4.79. The highest BCUT2D eigenvalue weighted by Gasteiger charge is 2.21. The lowest BCUT2D eigenvalue weighted by Crippen LogP contribution is -2.43. The lowest BCUT2D eigenvalue weighted by molar-refractivity contribution is -0.131. The van der Waals surface area contributed by atoms with E-state index >= 15 is 0 Å². The summed E-state index contributed by atoms with van der Waals surface area (Å²) in [6, 6.07) is 9.72. The fourth-order valence-electron chi connectivity index (χ4n) is 2.88. The molecule has 0 aliphatic rings. The number of thioether (sulfide) groups is 1. The van der Waals surface area contributed by atoms with Crippen LogP contribution in [0.15, 0.2) is 41.7 Å². The van der Waals surface area contributed by atoms with Gasteiger partial charge in [-0.3, -0.25) is 9.78 Å². The first-order chi connectivity index (χ1) is 12.5. The summed E-state index contributed by atoms with van der Waals surface area (Å²) in [5.74, 6) is 0.379. The molecule has 0 radical (unpaired) electrons. The van der Waals surface area contributed by atoms with E-state index in [2.05, 4.69) is 20.3 Å². The van der Waals surface area contributed by atoms with Crippen molar-refractivity contribution in [1.82, 2.24) is 29.7 Å². The molecule has 0 aliphatic carbocycles. The van der Waals surface area contributed by atoms with Crippen LogP contribution in [0.3, 0.4) is 0 Å². The largest absolute Gasteiger partial charge is 0.337 e. The van der Waals surface area contributed by atoms with Gasteiger partial charge in [-0.15, -0.1) is 10.2 Å². The highest BCUT2D eigenvalue weighted by atomic mass is 32.2. The quantitative estimate of drug-likeness (QED) is 0.621. The highest BCUT2D eigenvalue weighted by Crippen LogP contribution is 2.20. The third kappa shape index (κ3) is 3.85. The van der Waals surface area contributed by atoms with Crippen molar-refractivity contribution in [3.63, 3.8) is 0 Å². The van der Waals surface area contributed by atoms with Crippen LogP contribution in [0.2, 0.25) is 0 Å². The topological polar surface area (TPSA) is 76.3 Å². The van der Waals surface area contributed by atoms with Gasteiger partial charge < -0.3 is 4.90 Å². The Labute approximate surface area is 156 Å². The van der Waals surface area contributed by atoms with E-state index in [1.54, 1.807) is 10.7 Å². The molecule has 0 aromatic carbocycles. The number of hydrogen-bond donors (Lipinski definition) is 0. The highest BCUT2D eigenvalue weighted by molar-refractivity contribution is 7.99. The second-order valence-electron chi connectivity index (χ2n) is 6.46. The van der Waals surface area contributed by atoms with Gasteiger partial charge in [-0.25, -0.2) is 0 Å². The minimum Gasteiger partial charge on any atom is -0.337 e. The summed E-state index contributed by atoms with van der Waals surface area (Å²) < 4.78 is 1.66. The number of hydrogen-bond acceptors (Lipinski definition) is 6. The zero-order valence-corrected chi connectivity index (χ0v) is 16.1. The predicted molar refractivity (Wildman–Crippen MR) is 102 cm³/mol. The number of carbonyl (C=O) groups is 1. The molecule has 3 aromatic rings. The van der Waals surface area contributed by atoms with Gasteiger partial charge in [0.05, 0.1) is 11.4 Å². The van der Waals surface area contributed by atoms with Crippen LogP contribution in [0.4, 0.5) is 0 Å². The van der Waals surface area contributed by atoms with Crippen molar-refractivity contribution in [3.8, 4) is 11.4 Å². The van der Waals surface area contributed by atoms with Crippen LogP contribution in [-0.4, -0.2) is 53.4 Å². The standard InChI is InChI=1S/C18H22N6OS/c1-12(2)23(13(3)4)17(25)11-26-18-21-20-16-9-8-15(22-24(16)18)14-7-5-6-10-19-14/h5-10,12-13H,11H2,1-4H3. The molecule has 0 unspecified atom stereocenters. The minimum atomic E-state index is 0.0811. The lowest BCUT2D eigenvalue weighted by atomic mass is 10.2. The molecule has 1 amide bonds. The SMILES string of the molecule is CC(C)N(C(=O)CSc1nnc2ccc(-c3ccccn3)nn12)C(C)C. The van der Waals surface area contributed by atoms with Crippen molar-refractivity contribution in [2.24, 2.45) is 0 Å². The fraction of sp³-hybridized carbons (Fsp3) is 0.389. The Hall–Kier alpha value is -2.48. The maximum absolute atomic E-state index is 12.6. The van der Waals surface area contributed by atoms with Gasteiger partial charge in [0.2, 0.25) is 11.1 Å². The van der Waals surface area contributed by atoms with Gasteiger partial charge in [0.25, 0.3) is 0 Å². The molecule has 8 heteroatoms. The maximum Gasteiger partial charge on any atom is 0.233 e. The van der Waals surface area contributed by atoms with E-state index in [0.717, 1.165) is 11.4 Å². The minimum absolute atomic E-state index is 0.0811. The molecule has 0 atom stereocenters. The number of amides is 1. The molecule has 136 valence electrons. The number of nitrogens with zero attached hydrogens (tertiary/aromatic N) is 6. The summed E-state index contributed by atoms with van der Waals surface area (Å²) in [4.78, 5) is 18.8. The molecule has 26 heavy (non-hydrogen) atoms. The molecular weight excluding hydrogens is 348 g/mol. The molecule has 0 saturated heterocycles. The molecule has 0 spiro atoms. The Morgan fingerprint density at radius 2 is 1.85 bits per heavy atom. The zero-order valence-electron chi connectivity index (χ0n) is 15.3. The second kappa shape index (κ2) is 7.82. The van der Waals surface area contributed by atoms with Crippen molar-refractivity contribution < 1.29 is 4.79 Å². The average molecular weight is 370 g/mol. The molecule has 3 rings (SSSR count). The Bertz CT molecular complexity index is 885. The summed E-state index contributed by atoms with van der Waals surface area (Å²) in [5.41, 5.74) is 2.15. The fourth-order valence-corrected chi connectivity index (χ4v) is 3.64. The summed E-state index contributed by atoms with van der Waals surface area (Å²) in [5, 5.41) is 13.5.